The van der Waals surface area contributed by atoms with Crippen LogP contribution in [0.15, 0.2) is 48.5 Å². The van der Waals surface area contributed by atoms with Gasteiger partial charge in [-0.15, -0.1) is 0 Å². The van der Waals surface area contributed by atoms with Gasteiger partial charge in [-0.05, 0) is 24.1 Å². The second-order valence-corrected chi connectivity index (χ2v) is 5.62. The molecule has 126 valence electrons. The van der Waals surface area contributed by atoms with Gasteiger partial charge in [0, 0.05) is 18.4 Å². The topological polar surface area (TPSA) is 55.4 Å². The van der Waals surface area contributed by atoms with E-state index in [4.69, 9.17) is 4.74 Å². The number of carbonyl (C=O) groups is 2. The number of methoxy groups -OCH3 is 1. The Hall–Kier alpha value is -2.62. The van der Waals surface area contributed by atoms with Crippen molar-refractivity contribution < 1.29 is 14.3 Å². The maximum Gasteiger partial charge on any atom is 0.224 e. The third-order valence-corrected chi connectivity index (χ3v) is 3.77. The molecule has 0 heterocycles. The van der Waals surface area contributed by atoms with Gasteiger partial charge in [-0.25, -0.2) is 0 Å². The molecule has 0 bridgehead atoms. The van der Waals surface area contributed by atoms with Gasteiger partial charge in [0.15, 0.2) is 5.78 Å². The largest absolute Gasteiger partial charge is 0.495 e. The van der Waals surface area contributed by atoms with Crippen LogP contribution in [0.4, 0.5) is 5.69 Å². The van der Waals surface area contributed by atoms with E-state index in [2.05, 4.69) is 12.2 Å². The Kier molecular flexibility index (Phi) is 6.55. The van der Waals surface area contributed by atoms with E-state index in [1.54, 1.807) is 19.2 Å². The first-order chi connectivity index (χ1) is 11.6. The fourth-order valence-electron chi connectivity index (χ4n) is 2.48. The van der Waals surface area contributed by atoms with Crippen molar-refractivity contribution in [1.29, 1.82) is 0 Å². The summed E-state index contributed by atoms with van der Waals surface area (Å²) < 4.78 is 5.19. The molecule has 0 fully saturated rings. The van der Waals surface area contributed by atoms with E-state index in [1.165, 1.54) is 5.56 Å². The average molecular weight is 325 g/mol. The summed E-state index contributed by atoms with van der Waals surface area (Å²) >= 11 is 0. The van der Waals surface area contributed by atoms with Crippen LogP contribution in [0.5, 0.6) is 5.75 Å². The van der Waals surface area contributed by atoms with Crippen molar-refractivity contribution in [3.63, 3.8) is 0 Å². The Morgan fingerprint density at radius 2 is 1.71 bits per heavy atom. The van der Waals surface area contributed by atoms with Crippen LogP contribution in [0.2, 0.25) is 0 Å². The predicted octanol–water partition coefficient (Wildman–Crippen LogP) is 4.25. The van der Waals surface area contributed by atoms with Crippen LogP contribution in [0.25, 0.3) is 0 Å². The van der Waals surface area contributed by atoms with E-state index in [-0.39, 0.29) is 24.5 Å². The number of ether oxygens (including phenoxy) is 1. The molecule has 4 nitrogen and oxygen atoms in total. The molecule has 1 N–H and O–H groups in total. The van der Waals surface area contributed by atoms with Crippen molar-refractivity contribution in [2.45, 2.75) is 32.6 Å². The zero-order valence-electron chi connectivity index (χ0n) is 14.2. The summed E-state index contributed by atoms with van der Waals surface area (Å²) in [4.78, 5) is 24.2. The fourth-order valence-corrected chi connectivity index (χ4v) is 2.48. The van der Waals surface area contributed by atoms with Crippen LogP contribution >= 0.6 is 0 Å². The number of ketones is 1. The van der Waals surface area contributed by atoms with Gasteiger partial charge >= 0.3 is 0 Å². The Bertz CT molecular complexity index is 692. The maximum absolute atomic E-state index is 12.2. The van der Waals surface area contributed by atoms with Crippen molar-refractivity contribution in [3.8, 4) is 5.75 Å². The van der Waals surface area contributed by atoms with Gasteiger partial charge in [0.25, 0.3) is 0 Å². The second kappa shape index (κ2) is 8.87. The van der Waals surface area contributed by atoms with Gasteiger partial charge in [-0.1, -0.05) is 49.7 Å². The molecule has 0 aliphatic carbocycles. The lowest BCUT2D eigenvalue weighted by atomic mass is 10.0. The number of aryl methyl sites for hydroxylation is 1. The quantitative estimate of drug-likeness (QED) is 0.738. The summed E-state index contributed by atoms with van der Waals surface area (Å²) in [6.07, 6.45) is 2.42. The minimum atomic E-state index is -0.199. The zero-order valence-corrected chi connectivity index (χ0v) is 14.2. The third-order valence-electron chi connectivity index (χ3n) is 3.77. The molecule has 0 unspecified atom stereocenters. The van der Waals surface area contributed by atoms with Crippen molar-refractivity contribution >= 4 is 17.4 Å². The van der Waals surface area contributed by atoms with Crippen molar-refractivity contribution in [1.82, 2.24) is 0 Å². The van der Waals surface area contributed by atoms with Gasteiger partial charge in [0.1, 0.15) is 5.75 Å². The minimum absolute atomic E-state index is 0.0202. The number of amides is 1. The lowest BCUT2D eigenvalue weighted by Gasteiger charge is -2.09. The van der Waals surface area contributed by atoms with Gasteiger partial charge in [-0.2, -0.15) is 0 Å². The van der Waals surface area contributed by atoms with E-state index in [9.17, 15) is 9.59 Å². The van der Waals surface area contributed by atoms with E-state index >= 15 is 0 Å². The van der Waals surface area contributed by atoms with E-state index in [0.717, 1.165) is 12.8 Å². The van der Waals surface area contributed by atoms with E-state index in [0.29, 0.717) is 17.0 Å². The van der Waals surface area contributed by atoms with Gasteiger partial charge in [-0.3, -0.25) is 9.59 Å². The second-order valence-electron chi connectivity index (χ2n) is 5.62. The van der Waals surface area contributed by atoms with Gasteiger partial charge < -0.3 is 10.1 Å². The van der Waals surface area contributed by atoms with E-state index in [1.807, 2.05) is 36.4 Å². The standard InChI is InChI=1S/C20H23NO3/c1-3-6-15-9-11-16(12-10-15)18(22)13-14-20(23)21-17-7-4-5-8-19(17)24-2/h4-5,7-12H,3,6,13-14H2,1-2H3,(H,21,23). The first-order valence-electron chi connectivity index (χ1n) is 8.19. The maximum atomic E-state index is 12.2. The molecule has 0 saturated heterocycles. The monoisotopic (exact) mass is 325 g/mol. The first-order valence-corrected chi connectivity index (χ1v) is 8.19. The summed E-state index contributed by atoms with van der Waals surface area (Å²) in [6, 6.07) is 14.8. The molecule has 0 radical (unpaired) electrons. The highest BCUT2D eigenvalue weighted by Gasteiger charge is 2.11. The van der Waals surface area contributed by atoms with Crippen molar-refractivity contribution in [2.24, 2.45) is 0 Å². The number of benzene rings is 2. The highest BCUT2D eigenvalue weighted by atomic mass is 16.5. The zero-order chi connectivity index (χ0) is 17.4. The minimum Gasteiger partial charge on any atom is -0.495 e. The van der Waals surface area contributed by atoms with Crippen LogP contribution < -0.4 is 10.1 Å². The van der Waals surface area contributed by atoms with Gasteiger partial charge in [0.05, 0.1) is 12.8 Å². The van der Waals surface area contributed by atoms with E-state index < -0.39 is 0 Å². The van der Waals surface area contributed by atoms with Crippen LogP contribution in [0.1, 0.15) is 42.1 Å². The highest BCUT2D eigenvalue weighted by Crippen LogP contribution is 2.23. The van der Waals surface area contributed by atoms with Crippen LogP contribution in [0.3, 0.4) is 0 Å². The fraction of sp³-hybridized carbons (Fsp3) is 0.300. The van der Waals surface area contributed by atoms with Gasteiger partial charge in [0.2, 0.25) is 5.91 Å². The molecular weight excluding hydrogens is 302 g/mol. The molecule has 2 aromatic rings. The molecule has 2 aromatic carbocycles. The highest BCUT2D eigenvalue weighted by molar-refractivity contribution is 6.00. The lowest BCUT2D eigenvalue weighted by molar-refractivity contribution is -0.116. The molecular formula is C20H23NO3. The molecule has 24 heavy (non-hydrogen) atoms. The molecule has 4 heteroatoms. The van der Waals surface area contributed by atoms with Crippen molar-refractivity contribution in [3.05, 3.63) is 59.7 Å². The van der Waals surface area contributed by atoms with Crippen LogP contribution in [-0.2, 0) is 11.2 Å². The average Bonchev–Trinajstić information content (AvgIpc) is 2.61. The Morgan fingerprint density at radius 3 is 2.38 bits per heavy atom. The summed E-state index contributed by atoms with van der Waals surface area (Å²) in [7, 11) is 1.55. The number of Topliss-reactive ketones (excluding diaryl/α,β-unsaturated/α-hetero) is 1. The molecule has 0 atom stereocenters. The predicted molar refractivity (Wildman–Crippen MR) is 95.6 cm³/mol. The number of hydrogen-bond donors (Lipinski definition) is 1. The summed E-state index contributed by atoms with van der Waals surface area (Å²) in [5.41, 5.74) is 2.49. The lowest BCUT2D eigenvalue weighted by Crippen LogP contribution is -2.14. The third kappa shape index (κ3) is 4.95. The SMILES string of the molecule is CCCc1ccc(C(=O)CCC(=O)Nc2ccccc2OC)cc1. The van der Waals surface area contributed by atoms with Crippen molar-refractivity contribution in [2.75, 3.05) is 12.4 Å². The smallest absolute Gasteiger partial charge is 0.224 e. The Morgan fingerprint density at radius 1 is 1.00 bits per heavy atom. The molecule has 0 aliphatic rings. The van der Waals surface area contributed by atoms with Crippen LogP contribution in [0, 0.1) is 0 Å². The molecule has 0 spiro atoms. The first kappa shape index (κ1) is 17.7. The molecule has 0 saturated carbocycles. The number of anilines is 1. The molecule has 0 aliphatic heterocycles. The number of carbonyl (C=O) groups excluding carboxylic acids is 2. The Balaban J connectivity index is 1.87. The number of nitrogens with one attached hydrogen (secondary N) is 1. The normalized spacial score (nSPS) is 10.2. The van der Waals surface area contributed by atoms with Crippen LogP contribution in [-0.4, -0.2) is 18.8 Å². The number of rotatable bonds is 8. The summed E-state index contributed by atoms with van der Waals surface area (Å²) in [6.45, 7) is 2.12. The molecule has 0 aromatic heterocycles. The summed E-state index contributed by atoms with van der Waals surface area (Å²) in [5, 5.41) is 2.78. The molecule has 2 rings (SSSR count). The number of para-hydroxylation sites is 2. The molecule has 1 amide bonds. The Labute approximate surface area is 142 Å². The summed E-state index contributed by atoms with van der Waals surface area (Å²) in [5.74, 6) is 0.382. The number of hydrogen-bond acceptors (Lipinski definition) is 3.